The van der Waals surface area contributed by atoms with E-state index in [4.69, 9.17) is 4.74 Å². The lowest BCUT2D eigenvalue weighted by atomic mass is 9.97. The van der Waals surface area contributed by atoms with Gasteiger partial charge in [0.2, 0.25) is 0 Å². The maximum atomic E-state index is 14.1. The topological polar surface area (TPSA) is 29.5 Å². The Labute approximate surface area is 110 Å². The van der Waals surface area contributed by atoms with Gasteiger partial charge in [0.1, 0.15) is 11.9 Å². The number of hydrogen-bond donors (Lipinski definition) is 1. The second-order valence-corrected chi connectivity index (χ2v) is 4.27. The van der Waals surface area contributed by atoms with Crippen LogP contribution >= 0.6 is 0 Å². The smallest absolute Gasteiger partial charge is 0.171 e. The maximum absolute atomic E-state index is 14.1. The van der Waals surface area contributed by atoms with Gasteiger partial charge in [-0.1, -0.05) is 18.2 Å². The number of aliphatic hydroxyl groups is 1. The molecule has 0 fully saturated rings. The first-order valence-electron chi connectivity index (χ1n) is 5.81. The van der Waals surface area contributed by atoms with E-state index in [2.05, 4.69) is 0 Å². The molecule has 2 nitrogen and oxygen atoms in total. The lowest BCUT2D eigenvalue weighted by molar-refractivity contribution is 0.212. The fraction of sp³-hybridized carbons (Fsp3) is 0.200. The summed E-state index contributed by atoms with van der Waals surface area (Å²) in [5.74, 6) is -0.933. The van der Waals surface area contributed by atoms with Gasteiger partial charge in [-0.15, -0.1) is 0 Å². The van der Waals surface area contributed by atoms with E-state index in [0.29, 0.717) is 11.1 Å². The summed E-state index contributed by atoms with van der Waals surface area (Å²) in [6.45, 7) is 1.67. The molecular formula is C15H14F2O2. The monoisotopic (exact) mass is 264 g/mol. The van der Waals surface area contributed by atoms with Crippen molar-refractivity contribution in [3.8, 4) is 5.75 Å². The molecule has 0 heterocycles. The van der Waals surface area contributed by atoms with Crippen LogP contribution in [0.4, 0.5) is 8.78 Å². The molecule has 0 aliphatic carbocycles. The minimum absolute atomic E-state index is 0.0660. The zero-order valence-corrected chi connectivity index (χ0v) is 10.7. The van der Waals surface area contributed by atoms with E-state index in [1.54, 1.807) is 13.0 Å². The first-order valence-corrected chi connectivity index (χ1v) is 5.81. The molecule has 0 amide bonds. The molecule has 1 unspecified atom stereocenters. The van der Waals surface area contributed by atoms with Crippen molar-refractivity contribution in [2.45, 2.75) is 13.0 Å². The minimum Gasteiger partial charge on any atom is -0.494 e. The molecule has 100 valence electrons. The highest BCUT2D eigenvalue weighted by atomic mass is 19.1. The predicted molar refractivity (Wildman–Crippen MR) is 68.2 cm³/mol. The van der Waals surface area contributed by atoms with Crippen molar-refractivity contribution in [1.29, 1.82) is 0 Å². The molecule has 0 bridgehead atoms. The van der Waals surface area contributed by atoms with Crippen molar-refractivity contribution in [1.82, 2.24) is 0 Å². The molecule has 19 heavy (non-hydrogen) atoms. The summed E-state index contributed by atoms with van der Waals surface area (Å²) < 4.78 is 32.0. The normalized spacial score (nSPS) is 12.3. The number of ether oxygens (including phenoxy) is 1. The number of aliphatic hydroxyl groups excluding tert-OH is 1. The fourth-order valence-corrected chi connectivity index (χ4v) is 2.01. The second-order valence-electron chi connectivity index (χ2n) is 4.27. The molecule has 0 radical (unpaired) electrons. The molecule has 0 aliphatic rings. The van der Waals surface area contributed by atoms with Crippen LogP contribution in [-0.2, 0) is 0 Å². The van der Waals surface area contributed by atoms with Gasteiger partial charge < -0.3 is 9.84 Å². The van der Waals surface area contributed by atoms with Gasteiger partial charge in [0.25, 0.3) is 0 Å². The summed E-state index contributed by atoms with van der Waals surface area (Å²) in [7, 11) is 1.36. The van der Waals surface area contributed by atoms with Crippen LogP contribution in [0.3, 0.4) is 0 Å². The number of halogens is 2. The highest BCUT2D eigenvalue weighted by Crippen LogP contribution is 2.30. The fourth-order valence-electron chi connectivity index (χ4n) is 2.01. The van der Waals surface area contributed by atoms with E-state index in [-0.39, 0.29) is 17.1 Å². The molecule has 1 N–H and O–H groups in total. The van der Waals surface area contributed by atoms with Crippen LogP contribution in [0.15, 0.2) is 36.4 Å². The lowest BCUT2D eigenvalue weighted by Gasteiger charge is -2.16. The number of hydrogen-bond acceptors (Lipinski definition) is 2. The Hall–Kier alpha value is -1.94. The molecule has 2 aromatic rings. The van der Waals surface area contributed by atoms with Crippen molar-refractivity contribution in [3.63, 3.8) is 0 Å². The van der Waals surface area contributed by atoms with E-state index < -0.39 is 11.9 Å². The Bertz CT molecular complexity index is 597. The van der Waals surface area contributed by atoms with Crippen LogP contribution < -0.4 is 4.74 Å². The third-order valence-electron chi connectivity index (χ3n) is 3.03. The first kappa shape index (κ1) is 13.5. The van der Waals surface area contributed by atoms with Crippen LogP contribution in [0.25, 0.3) is 0 Å². The molecule has 2 rings (SSSR count). The van der Waals surface area contributed by atoms with Crippen LogP contribution in [0.1, 0.15) is 22.8 Å². The van der Waals surface area contributed by atoms with Gasteiger partial charge in [0, 0.05) is 5.56 Å². The largest absolute Gasteiger partial charge is 0.494 e. The van der Waals surface area contributed by atoms with E-state index in [1.165, 1.54) is 37.4 Å². The molecule has 0 aliphatic heterocycles. The molecule has 4 heteroatoms. The zero-order valence-electron chi connectivity index (χ0n) is 10.7. The molecular weight excluding hydrogens is 250 g/mol. The van der Waals surface area contributed by atoms with Gasteiger partial charge >= 0.3 is 0 Å². The highest BCUT2D eigenvalue weighted by Gasteiger charge is 2.19. The van der Waals surface area contributed by atoms with Gasteiger partial charge in [0.05, 0.1) is 7.11 Å². The maximum Gasteiger partial charge on any atom is 0.171 e. The van der Waals surface area contributed by atoms with Crippen molar-refractivity contribution >= 4 is 0 Å². The Morgan fingerprint density at radius 3 is 2.47 bits per heavy atom. The average molecular weight is 264 g/mol. The molecule has 2 aromatic carbocycles. The first-order chi connectivity index (χ1) is 9.04. The van der Waals surface area contributed by atoms with Gasteiger partial charge in [-0.3, -0.25) is 0 Å². The van der Waals surface area contributed by atoms with Crippen molar-refractivity contribution in [2.75, 3.05) is 7.11 Å². The zero-order chi connectivity index (χ0) is 14.0. The molecule has 0 saturated carbocycles. The predicted octanol–water partition coefficient (Wildman–Crippen LogP) is 3.36. The van der Waals surface area contributed by atoms with E-state index in [1.807, 2.05) is 0 Å². The molecule has 0 saturated heterocycles. The number of aryl methyl sites for hydroxylation is 1. The van der Waals surface area contributed by atoms with Gasteiger partial charge in [-0.2, -0.15) is 0 Å². The van der Waals surface area contributed by atoms with Crippen molar-refractivity contribution < 1.29 is 18.6 Å². The summed E-state index contributed by atoms with van der Waals surface area (Å²) in [5, 5.41) is 10.2. The van der Waals surface area contributed by atoms with E-state index in [9.17, 15) is 13.9 Å². The Morgan fingerprint density at radius 1 is 1.11 bits per heavy atom. The Balaban J connectivity index is 2.47. The van der Waals surface area contributed by atoms with Crippen LogP contribution in [-0.4, -0.2) is 12.2 Å². The van der Waals surface area contributed by atoms with Gasteiger partial charge in [-0.25, -0.2) is 8.78 Å². The summed E-state index contributed by atoms with van der Waals surface area (Å²) in [6.07, 6.45) is -1.16. The molecule has 0 spiro atoms. The third-order valence-corrected chi connectivity index (χ3v) is 3.03. The lowest BCUT2D eigenvalue weighted by Crippen LogP contribution is -2.06. The molecule has 1 atom stereocenters. The summed E-state index contributed by atoms with van der Waals surface area (Å²) in [5.41, 5.74) is 1.14. The van der Waals surface area contributed by atoms with Crippen LogP contribution in [0.5, 0.6) is 5.75 Å². The van der Waals surface area contributed by atoms with Gasteiger partial charge in [0.15, 0.2) is 11.6 Å². The van der Waals surface area contributed by atoms with Crippen molar-refractivity contribution in [2.24, 2.45) is 0 Å². The molecule has 0 aromatic heterocycles. The number of methoxy groups -OCH3 is 1. The van der Waals surface area contributed by atoms with Crippen LogP contribution in [0.2, 0.25) is 0 Å². The van der Waals surface area contributed by atoms with Crippen molar-refractivity contribution in [3.05, 3.63) is 64.7 Å². The SMILES string of the molecule is COc1cccc(C(O)c2ccc(F)cc2C)c1F. The van der Waals surface area contributed by atoms with Gasteiger partial charge in [-0.05, 0) is 36.2 Å². The third kappa shape index (κ3) is 2.58. The van der Waals surface area contributed by atoms with E-state index >= 15 is 0 Å². The Kier molecular flexibility index (Phi) is 3.81. The van der Waals surface area contributed by atoms with E-state index in [0.717, 1.165) is 0 Å². The number of benzene rings is 2. The standard InChI is InChI=1S/C15H14F2O2/c1-9-8-10(16)6-7-11(9)15(18)12-4-3-5-13(19-2)14(12)17/h3-8,15,18H,1-2H3. The summed E-state index contributed by atoms with van der Waals surface area (Å²) >= 11 is 0. The summed E-state index contributed by atoms with van der Waals surface area (Å²) in [4.78, 5) is 0. The minimum atomic E-state index is -1.16. The Morgan fingerprint density at radius 2 is 1.84 bits per heavy atom. The summed E-state index contributed by atoms with van der Waals surface area (Å²) in [6, 6.07) is 8.54. The highest BCUT2D eigenvalue weighted by molar-refractivity contribution is 5.39. The quantitative estimate of drug-likeness (QED) is 0.921. The van der Waals surface area contributed by atoms with Crippen LogP contribution in [0, 0.1) is 18.6 Å². The second kappa shape index (κ2) is 5.36. The number of rotatable bonds is 3. The average Bonchev–Trinajstić information content (AvgIpc) is 2.38.